The molecule has 1 aromatic rings. The Balaban J connectivity index is 2.72. The van der Waals surface area contributed by atoms with Crippen LogP contribution in [0.3, 0.4) is 0 Å². The molecule has 0 radical (unpaired) electrons. The van der Waals surface area contributed by atoms with Gasteiger partial charge in [-0.3, -0.25) is 14.6 Å². The summed E-state index contributed by atoms with van der Waals surface area (Å²) < 4.78 is 0. The maximum atomic E-state index is 11.5. The van der Waals surface area contributed by atoms with E-state index >= 15 is 0 Å². The fraction of sp³-hybridized carbons (Fsp3) is 0.200. The van der Waals surface area contributed by atoms with Crippen LogP contribution >= 0.6 is 0 Å². The van der Waals surface area contributed by atoms with Gasteiger partial charge in [0.05, 0.1) is 29.9 Å². The molecule has 1 atom stereocenters. The van der Waals surface area contributed by atoms with Crippen LogP contribution < -0.4 is 11.1 Å². The van der Waals surface area contributed by atoms with E-state index in [1.54, 1.807) is 0 Å². The quantitative estimate of drug-likeness (QED) is 0.554. The van der Waals surface area contributed by atoms with Gasteiger partial charge in [-0.25, -0.2) is 4.79 Å². The molecule has 0 aliphatic carbocycles. The molecular formula is C10H11N3O5. The molecule has 0 saturated carbocycles. The third-order valence-electron chi connectivity index (χ3n) is 1.98. The Kier molecular flexibility index (Phi) is 4.33. The molecule has 5 N–H and O–H groups in total. The van der Waals surface area contributed by atoms with Crippen LogP contribution in [0.1, 0.15) is 16.8 Å². The summed E-state index contributed by atoms with van der Waals surface area (Å²) in [5.41, 5.74) is 5.38. The van der Waals surface area contributed by atoms with Crippen molar-refractivity contribution in [1.29, 1.82) is 0 Å². The first-order valence-corrected chi connectivity index (χ1v) is 4.86. The molecule has 0 spiro atoms. The molecule has 0 aliphatic rings. The van der Waals surface area contributed by atoms with Crippen molar-refractivity contribution in [3.63, 3.8) is 0 Å². The normalized spacial score (nSPS) is 11.6. The van der Waals surface area contributed by atoms with E-state index < -0.39 is 30.3 Å². The first-order chi connectivity index (χ1) is 8.40. The smallest absolute Gasteiger partial charge is 0.337 e. The summed E-state index contributed by atoms with van der Waals surface area (Å²) in [7, 11) is 0. The molecule has 96 valence electrons. The van der Waals surface area contributed by atoms with Gasteiger partial charge in [-0.05, 0) is 6.07 Å². The Labute approximate surface area is 101 Å². The van der Waals surface area contributed by atoms with Crippen molar-refractivity contribution in [1.82, 2.24) is 4.98 Å². The highest BCUT2D eigenvalue weighted by atomic mass is 16.4. The first kappa shape index (κ1) is 13.6. The summed E-state index contributed by atoms with van der Waals surface area (Å²) in [6.07, 6.45) is 1.84. The molecule has 8 heteroatoms. The predicted molar refractivity (Wildman–Crippen MR) is 60.1 cm³/mol. The number of aliphatic carboxylic acids is 1. The SMILES string of the molecule is NC(CC(=O)O)C(=O)Nc1cncc(C(=O)O)c1. The molecule has 1 unspecified atom stereocenters. The van der Waals surface area contributed by atoms with E-state index in [1.165, 1.54) is 12.3 Å². The maximum Gasteiger partial charge on any atom is 0.337 e. The number of pyridine rings is 1. The highest BCUT2D eigenvalue weighted by Gasteiger charge is 2.17. The van der Waals surface area contributed by atoms with E-state index in [-0.39, 0.29) is 11.3 Å². The summed E-state index contributed by atoms with van der Waals surface area (Å²) >= 11 is 0. The lowest BCUT2D eigenvalue weighted by atomic mass is 10.2. The molecule has 1 amide bonds. The van der Waals surface area contributed by atoms with Crippen molar-refractivity contribution in [2.45, 2.75) is 12.5 Å². The van der Waals surface area contributed by atoms with Crippen molar-refractivity contribution >= 4 is 23.5 Å². The van der Waals surface area contributed by atoms with Gasteiger partial charge in [-0.1, -0.05) is 0 Å². The van der Waals surface area contributed by atoms with Crippen LogP contribution in [0.4, 0.5) is 5.69 Å². The molecule has 1 rings (SSSR count). The Morgan fingerprint density at radius 1 is 1.33 bits per heavy atom. The molecular weight excluding hydrogens is 242 g/mol. The second kappa shape index (κ2) is 5.73. The molecule has 0 fully saturated rings. The van der Waals surface area contributed by atoms with Crippen LogP contribution in [-0.2, 0) is 9.59 Å². The second-order valence-electron chi connectivity index (χ2n) is 3.46. The Bertz CT molecular complexity index is 488. The number of aromatic carboxylic acids is 1. The highest BCUT2D eigenvalue weighted by Crippen LogP contribution is 2.09. The third-order valence-corrected chi connectivity index (χ3v) is 1.98. The van der Waals surface area contributed by atoms with E-state index in [0.29, 0.717) is 0 Å². The Morgan fingerprint density at radius 3 is 2.56 bits per heavy atom. The summed E-state index contributed by atoms with van der Waals surface area (Å²) in [6, 6.07) is -0.0169. The van der Waals surface area contributed by atoms with Gasteiger partial charge in [0, 0.05) is 6.20 Å². The molecule has 1 aromatic heterocycles. The van der Waals surface area contributed by atoms with Crippen LogP contribution in [0.15, 0.2) is 18.5 Å². The van der Waals surface area contributed by atoms with Gasteiger partial charge in [-0.2, -0.15) is 0 Å². The van der Waals surface area contributed by atoms with E-state index in [4.69, 9.17) is 15.9 Å². The minimum Gasteiger partial charge on any atom is -0.481 e. The number of carboxylic acid groups (broad SMARTS) is 2. The van der Waals surface area contributed by atoms with Crippen molar-refractivity contribution in [2.75, 3.05) is 5.32 Å². The van der Waals surface area contributed by atoms with Crippen molar-refractivity contribution in [3.05, 3.63) is 24.0 Å². The van der Waals surface area contributed by atoms with Crippen LogP contribution in [0, 0.1) is 0 Å². The van der Waals surface area contributed by atoms with Crippen molar-refractivity contribution in [2.24, 2.45) is 5.73 Å². The molecule has 1 heterocycles. The number of aromatic nitrogens is 1. The van der Waals surface area contributed by atoms with E-state index in [9.17, 15) is 14.4 Å². The van der Waals surface area contributed by atoms with Gasteiger partial charge < -0.3 is 21.3 Å². The lowest BCUT2D eigenvalue weighted by Gasteiger charge is -2.10. The Morgan fingerprint density at radius 2 is 2.00 bits per heavy atom. The summed E-state index contributed by atoms with van der Waals surface area (Å²) in [4.78, 5) is 36.1. The number of nitrogens with one attached hydrogen (secondary N) is 1. The topological polar surface area (TPSA) is 143 Å². The molecule has 0 aliphatic heterocycles. The monoisotopic (exact) mass is 253 g/mol. The molecule has 0 bridgehead atoms. The highest BCUT2D eigenvalue weighted by molar-refractivity contribution is 5.97. The van der Waals surface area contributed by atoms with Gasteiger partial charge in [0.25, 0.3) is 0 Å². The molecule has 0 aromatic carbocycles. The van der Waals surface area contributed by atoms with E-state index in [0.717, 1.165) is 6.20 Å². The van der Waals surface area contributed by atoms with Gasteiger partial charge in [0.15, 0.2) is 0 Å². The van der Waals surface area contributed by atoms with Crippen molar-refractivity contribution < 1.29 is 24.6 Å². The van der Waals surface area contributed by atoms with Gasteiger partial charge >= 0.3 is 11.9 Å². The summed E-state index contributed by atoms with van der Waals surface area (Å²) in [6.45, 7) is 0. The number of carbonyl (C=O) groups excluding carboxylic acids is 1. The number of hydrogen-bond acceptors (Lipinski definition) is 5. The van der Waals surface area contributed by atoms with Crippen LogP contribution in [0.5, 0.6) is 0 Å². The minimum atomic E-state index is -1.21. The number of anilines is 1. The predicted octanol–water partition coefficient (Wildman–Crippen LogP) is -0.480. The zero-order valence-corrected chi connectivity index (χ0v) is 9.16. The zero-order valence-electron chi connectivity index (χ0n) is 9.16. The van der Waals surface area contributed by atoms with Gasteiger partial charge in [0.1, 0.15) is 0 Å². The fourth-order valence-corrected chi connectivity index (χ4v) is 1.14. The second-order valence-corrected chi connectivity index (χ2v) is 3.46. The lowest BCUT2D eigenvalue weighted by molar-refractivity contribution is -0.138. The fourth-order valence-electron chi connectivity index (χ4n) is 1.14. The number of carboxylic acids is 2. The molecule has 8 nitrogen and oxygen atoms in total. The molecule has 18 heavy (non-hydrogen) atoms. The summed E-state index contributed by atoms with van der Waals surface area (Å²) in [5, 5.41) is 19.5. The molecule has 0 saturated heterocycles. The van der Waals surface area contributed by atoms with Gasteiger partial charge in [0.2, 0.25) is 5.91 Å². The van der Waals surface area contributed by atoms with Crippen molar-refractivity contribution in [3.8, 4) is 0 Å². The number of carbonyl (C=O) groups is 3. The average molecular weight is 253 g/mol. The Hall–Kier alpha value is -2.48. The number of rotatable bonds is 5. The lowest BCUT2D eigenvalue weighted by Crippen LogP contribution is -2.37. The van der Waals surface area contributed by atoms with Crippen LogP contribution in [0.2, 0.25) is 0 Å². The third kappa shape index (κ3) is 3.83. The largest absolute Gasteiger partial charge is 0.481 e. The summed E-state index contributed by atoms with van der Waals surface area (Å²) in [5.74, 6) is -3.11. The van der Waals surface area contributed by atoms with E-state index in [1.807, 2.05) is 0 Å². The first-order valence-electron chi connectivity index (χ1n) is 4.86. The van der Waals surface area contributed by atoms with Crippen LogP contribution in [-0.4, -0.2) is 39.1 Å². The average Bonchev–Trinajstić information content (AvgIpc) is 2.28. The zero-order chi connectivity index (χ0) is 13.7. The number of nitrogens with zero attached hydrogens (tertiary/aromatic N) is 1. The number of amides is 1. The maximum absolute atomic E-state index is 11.5. The standard InChI is InChI=1S/C10H11N3O5/c11-7(2-8(14)15)9(16)13-6-1-5(10(17)18)3-12-4-6/h1,3-4,7H,2,11H2,(H,13,16)(H,14,15)(H,17,18). The van der Waals surface area contributed by atoms with Crippen LogP contribution in [0.25, 0.3) is 0 Å². The number of nitrogens with two attached hydrogens (primary N) is 1. The van der Waals surface area contributed by atoms with Gasteiger partial charge in [-0.15, -0.1) is 0 Å². The minimum absolute atomic E-state index is 0.0976. The van der Waals surface area contributed by atoms with E-state index in [2.05, 4.69) is 10.3 Å². The number of hydrogen-bond donors (Lipinski definition) is 4.